The summed E-state index contributed by atoms with van der Waals surface area (Å²) in [6.07, 6.45) is 1.65. The van der Waals surface area contributed by atoms with Crippen LogP contribution in [0.5, 0.6) is 0 Å². The number of carbonyl (C=O) groups excluding carboxylic acids is 1. The zero-order valence-electron chi connectivity index (χ0n) is 7.28. The summed E-state index contributed by atoms with van der Waals surface area (Å²) in [4.78, 5) is 17.3. The maximum atomic E-state index is 11.5. The predicted octanol–water partition coefficient (Wildman–Crippen LogP) is 1.63. The SMILES string of the molecule is CCN(CC)C(=O)c1nccs1. The minimum atomic E-state index is 0.0370. The number of hydrogen-bond acceptors (Lipinski definition) is 3. The molecule has 4 heteroatoms. The first-order chi connectivity index (χ1) is 5.79. The fraction of sp³-hybridized carbons (Fsp3) is 0.500. The molecule has 0 bridgehead atoms. The number of rotatable bonds is 3. The van der Waals surface area contributed by atoms with Crippen LogP contribution in [0.15, 0.2) is 11.6 Å². The third-order valence-electron chi connectivity index (χ3n) is 1.67. The van der Waals surface area contributed by atoms with Gasteiger partial charge in [-0.2, -0.15) is 0 Å². The molecule has 0 unspecified atom stereocenters. The van der Waals surface area contributed by atoms with Gasteiger partial charge in [0.25, 0.3) is 5.91 Å². The van der Waals surface area contributed by atoms with E-state index in [0.717, 1.165) is 13.1 Å². The van der Waals surface area contributed by atoms with E-state index in [9.17, 15) is 4.79 Å². The van der Waals surface area contributed by atoms with Crippen LogP contribution in [-0.2, 0) is 0 Å². The van der Waals surface area contributed by atoms with Crippen molar-refractivity contribution in [2.45, 2.75) is 13.8 Å². The molecule has 1 aromatic heterocycles. The van der Waals surface area contributed by atoms with Crippen LogP contribution in [0.3, 0.4) is 0 Å². The number of aromatic nitrogens is 1. The van der Waals surface area contributed by atoms with Gasteiger partial charge in [-0.1, -0.05) is 0 Å². The maximum absolute atomic E-state index is 11.5. The van der Waals surface area contributed by atoms with E-state index in [1.54, 1.807) is 11.1 Å². The van der Waals surface area contributed by atoms with Gasteiger partial charge in [-0.3, -0.25) is 4.79 Å². The zero-order valence-corrected chi connectivity index (χ0v) is 8.10. The quantitative estimate of drug-likeness (QED) is 0.715. The van der Waals surface area contributed by atoms with Crippen LogP contribution >= 0.6 is 11.3 Å². The van der Waals surface area contributed by atoms with Crippen molar-refractivity contribution in [3.05, 3.63) is 16.6 Å². The van der Waals surface area contributed by atoms with Gasteiger partial charge in [0, 0.05) is 24.7 Å². The molecule has 0 N–H and O–H groups in total. The first-order valence-electron chi connectivity index (χ1n) is 3.98. The highest BCUT2D eigenvalue weighted by molar-refractivity contribution is 7.11. The van der Waals surface area contributed by atoms with Gasteiger partial charge in [0.2, 0.25) is 0 Å². The topological polar surface area (TPSA) is 33.2 Å². The maximum Gasteiger partial charge on any atom is 0.282 e. The molecule has 1 aromatic rings. The molecule has 0 spiro atoms. The molecule has 0 saturated carbocycles. The fourth-order valence-electron chi connectivity index (χ4n) is 0.975. The molecule has 3 nitrogen and oxygen atoms in total. The second-order valence-corrected chi connectivity index (χ2v) is 3.21. The Bertz CT molecular complexity index is 242. The molecule has 0 aromatic carbocycles. The zero-order chi connectivity index (χ0) is 8.97. The monoisotopic (exact) mass is 184 g/mol. The minimum absolute atomic E-state index is 0.0370. The van der Waals surface area contributed by atoms with Gasteiger partial charge in [-0.05, 0) is 13.8 Å². The summed E-state index contributed by atoms with van der Waals surface area (Å²) in [5, 5.41) is 2.40. The molecule has 0 radical (unpaired) electrons. The van der Waals surface area contributed by atoms with E-state index < -0.39 is 0 Å². The average Bonchev–Trinajstić information content (AvgIpc) is 2.58. The molecule has 0 atom stereocenters. The summed E-state index contributed by atoms with van der Waals surface area (Å²) in [7, 11) is 0. The van der Waals surface area contributed by atoms with E-state index in [2.05, 4.69) is 4.98 Å². The first kappa shape index (κ1) is 9.19. The summed E-state index contributed by atoms with van der Waals surface area (Å²) in [6, 6.07) is 0. The molecule has 0 fully saturated rings. The van der Waals surface area contributed by atoms with Gasteiger partial charge < -0.3 is 4.90 Å². The summed E-state index contributed by atoms with van der Waals surface area (Å²) >= 11 is 1.39. The van der Waals surface area contributed by atoms with Crippen molar-refractivity contribution in [2.24, 2.45) is 0 Å². The van der Waals surface area contributed by atoms with E-state index in [0.29, 0.717) is 5.01 Å². The minimum Gasteiger partial charge on any atom is -0.337 e. The van der Waals surface area contributed by atoms with Crippen LogP contribution in [0.25, 0.3) is 0 Å². The summed E-state index contributed by atoms with van der Waals surface area (Å²) in [5.74, 6) is 0.0370. The lowest BCUT2D eigenvalue weighted by atomic mass is 10.4. The normalized spacial score (nSPS) is 9.83. The Morgan fingerprint density at radius 3 is 2.67 bits per heavy atom. The van der Waals surface area contributed by atoms with Crippen LogP contribution in [0.1, 0.15) is 23.6 Å². The lowest BCUT2D eigenvalue weighted by Gasteiger charge is -2.16. The molecule has 1 heterocycles. The molecule has 66 valence electrons. The Balaban J connectivity index is 2.70. The Morgan fingerprint density at radius 2 is 2.25 bits per heavy atom. The van der Waals surface area contributed by atoms with E-state index in [4.69, 9.17) is 0 Å². The second-order valence-electron chi connectivity index (χ2n) is 2.31. The highest BCUT2D eigenvalue weighted by Crippen LogP contribution is 2.07. The van der Waals surface area contributed by atoms with Gasteiger partial charge in [0.1, 0.15) is 0 Å². The third kappa shape index (κ3) is 1.82. The molecule has 1 amide bonds. The van der Waals surface area contributed by atoms with E-state index in [-0.39, 0.29) is 5.91 Å². The molecule has 0 aliphatic heterocycles. The highest BCUT2D eigenvalue weighted by atomic mass is 32.1. The molecular formula is C8H12N2OS. The Labute approximate surface area is 76.0 Å². The van der Waals surface area contributed by atoms with E-state index in [1.165, 1.54) is 11.3 Å². The average molecular weight is 184 g/mol. The van der Waals surface area contributed by atoms with Gasteiger partial charge in [0.15, 0.2) is 5.01 Å². The number of hydrogen-bond donors (Lipinski definition) is 0. The van der Waals surface area contributed by atoms with Crippen molar-refractivity contribution < 1.29 is 4.79 Å². The van der Waals surface area contributed by atoms with Gasteiger partial charge in [0.05, 0.1) is 0 Å². The number of nitrogens with zero attached hydrogens (tertiary/aromatic N) is 2. The van der Waals surface area contributed by atoms with Crippen molar-refractivity contribution >= 4 is 17.2 Å². The van der Waals surface area contributed by atoms with Crippen molar-refractivity contribution in [3.8, 4) is 0 Å². The van der Waals surface area contributed by atoms with E-state index >= 15 is 0 Å². The largest absolute Gasteiger partial charge is 0.337 e. The van der Waals surface area contributed by atoms with Crippen LogP contribution in [-0.4, -0.2) is 28.9 Å². The first-order valence-corrected chi connectivity index (χ1v) is 4.86. The number of carbonyl (C=O) groups is 1. The van der Waals surface area contributed by atoms with Gasteiger partial charge in [-0.15, -0.1) is 11.3 Å². The Hall–Kier alpha value is -0.900. The van der Waals surface area contributed by atoms with Crippen LogP contribution < -0.4 is 0 Å². The summed E-state index contributed by atoms with van der Waals surface area (Å²) in [6.45, 7) is 5.42. The lowest BCUT2D eigenvalue weighted by molar-refractivity contribution is 0.0772. The van der Waals surface area contributed by atoms with Crippen LogP contribution in [0.2, 0.25) is 0 Å². The molecule has 1 rings (SSSR count). The standard InChI is InChI=1S/C8H12N2OS/c1-3-10(4-2)8(11)7-9-5-6-12-7/h5-6H,3-4H2,1-2H3. The lowest BCUT2D eigenvalue weighted by Crippen LogP contribution is -2.30. The van der Waals surface area contributed by atoms with Crippen molar-refractivity contribution in [2.75, 3.05) is 13.1 Å². The van der Waals surface area contributed by atoms with Gasteiger partial charge >= 0.3 is 0 Å². The Kier molecular flexibility index (Phi) is 3.22. The predicted molar refractivity (Wildman–Crippen MR) is 49.4 cm³/mol. The van der Waals surface area contributed by atoms with Gasteiger partial charge in [-0.25, -0.2) is 4.98 Å². The van der Waals surface area contributed by atoms with Crippen molar-refractivity contribution in [3.63, 3.8) is 0 Å². The number of thiazole rings is 1. The number of amides is 1. The Morgan fingerprint density at radius 1 is 1.58 bits per heavy atom. The molecular weight excluding hydrogens is 172 g/mol. The molecule has 0 aliphatic rings. The summed E-state index contributed by atoms with van der Waals surface area (Å²) < 4.78 is 0. The highest BCUT2D eigenvalue weighted by Gasteiger charge is 2.13. The van der Waals surface area contributed by atoms with Crippen LogP contribution in [0.4, 0.5) is 0 Å². The van der Waals surface area contributed by atoms with Crippen molar-refractivity contribution in [1.82, 2.24) is 9.88 Å². The smallest absolute Gasteiger partial charge is 0.282 e. The molecule has 0 saturated heterocycles. The van der Waals surface area contributed by atoms with Crippen molar-refractivity contribution in [1.29, 1.82) is 0 Å². The molecule has 12 heavy (non-hydrogen) atoms. The third-order valence-corrected chi connectivity index (χ3v) is 2.43. The second kappa shape index (κ2) is 4.21. The van der Waals surface area contributed by atoms with Crippen LogP contribution in [0, 0.1) is 0 Å². The summed E-state index contributed by atoms with van der Waals surface area (Å²) in [5.41, 5.74) is 0. The van der Waals surface area contributed by atoms with E-state index in [1.807, 2.05) is 19.2 Å². The molecule has 0 aliphatic carbocycles. The fourth-order valence-corrected chi connectivity index (χ4v) is 1.58.